The summed E-state index contributed by atoms with van der Waals surface area (Å²) in [6, 6.07) is 13.0. The number of benzene rings is 2. The van der Waals surface area contributed by atoms with Crippen LogP contribution in [-0.4, -0.2) is 29.6 Å². The molecule has 1 fully saturated rings. The predicted octanol–water partition coefficient (Wildman–Crippen LogP) is 3.22. The summed E-state index contributed by atoms with van der Waals surface area (Å²) >= 11 is 0. The van der Waals surface area contributed by atoms with E-state index in [9.17, 15) is 9.59 Å². The number of fused-ring (bicyclic) bond motifs is 2. The first-order valence-corrected chi connectivity index (χ1v) is 9.87. The van der Waals surface area contributed by atoms with Crippen LogP contribution in [0.1, 0.15) is 34.3 Å². The van der Waals surface area contributed by atoms with Gasteiger partial charge >= 0.3 is 0 Å². The zero-order valence-corrected chi connectivity index (χ0v) is 16.2. The lowest BCUT2D eigenvalue weighted by molar-refractivity contribution is -0.0305. The van der Waals surface area contributed by atoms with Gasteiger partial charge in [-0.1, -0.05) is 23.8 Å². The molecular weight excluding hydrogens is 368 g/mol. The summed E-state index contributed by atoms with van der Waals surface area (Å²) < 4.78 is 11.9. The van der Waals surface area contributed by atoms with Gasteiger partial charge in [0.25, 0.3) is 5.91 Å². The summed E-state index contributed by atoms with van der Waals surface area (Å²) in [5.41, 5.74) is 2.22. The number of aryl methyl sites for hydroxylation is 1. The fraction of sp³-hybridized carbons (Fsp3) is 0.304. The van der Waals surface area contributed by atoms with Crippen molar-refractivity contribution < 1.29 is 13.9 Å². The van der Waals surface area contributed by atoms with Gasteiger partial charge in [-0.25, -0.2) is 0 Å². The van der Waals surface area contributed by atoms with E-state index in [-0.39, 0.29) is 11.3 Å². The fourth-order valence-electron chi connectivity index (χ4n) is 4.19. The van der Waals surface area contributed by atoms with Crippen molar-refractivity contribution in [2.24, 2.45) is 0 Å². The third kappa shape index (κ3) is 3.19. The Bertz CT molecular complexity index is 1160. The molecule has 1 N–H and O–H groups in total. The number of carbonyl (C=O) groups excluding carboxylic acids is 1. The van der Waals surface area contributed by atoms with Crippen molar-refractivity contribution in [2.45, 2.75) is 32.0 Å². The Balaban J connectivity index is 1.32. The first-order chi connectivity index (χ1) is 14.0. The minimum atomic E-state index is -0.674. The number of piperidine rings is 1. The van der Waals surface area contributed by atoms with Crippen molar-refractivity contribution in [3.8, 4) is 5.75 Å². The van der Waals surface area contributed by atoms with Crippen LogP contribution >= 0.6 is 0 Å². The number of hydrogen-bond donors (Lipinski definition) is 1. The van der Waals surface area contributed by atoms with Gasteiger partial charge in [0, 0.05) is 38.0 Å². The third-order valence-electron chi connectivity index (χ3n) is 5.84. The molecule has 1 saturated heterocycles. The lowest BCUT2D eigenvalue weighted by Crippen LogP contribution is -2.61. The Kier molecular flexibility index (Phi) is 4.17. The molecule has 6 nitrogen and oxygen atoms in total. The molecule has 2 aliphatic rings. The highest BCUT2D eigenvalue weighted by Gasteiger charge is 2.42. The zero-order valence-electron chi connectivity index (χ0n) is 16.2. The first-order valence-electron chi connectivity index (χ1n) is 9.87. The van der Waals surface area contributed by atoms with Crippen molar-refractivity contribution in [1.82, 2.24) is 10.2 Å². The molecule has 3 heterocycles. The zero-order chi connectivity index (χ0) is 20.0. The molecular formula is C23H22N2O4. The number of amides is 1. The molecule has 1 aromatic heterocycles. The maximum Gasteiger partial charge on any atom is 0.258 e. The highest BCUT2D eigenvalue weighted by molar-refractivity contribution is 5.98. The predicted molar refractivity (Wildman–Crippen MR) is 109 cm³/mol. The molecule has 2 aliphatic heterocycles. The van der Waals surface area contributed by atoms with E-state index in [0.29, 0.717) is 60.3 Å². The van der Waals surface area contributed by atoms with Gasteiger partial charge in [0.1, 0.15) is 11.3 Å². The number of para-hydroxylation sites is 1. The van der Waals surface area contributed by atoms with Gasteiger partial charge in [-0.2, -0.15) is 0 Å². The lowest BCUT2D eigenvalue weighted by Gasteiger charge is -2.44. The van der Waals surface area contributed by atoms with Crippen LogP contribution in [0.2, 0.25) is 0 Å². The number of carbonyl (C=O) groups is 1. The molecule has 2 aromatic carbocycles. The van der Waals surface area contributed by atoms with Crippen LogP contribution in [0.5, 0.6) is 5.75 Å². The maximum atomic E-state index is 12.9. The minimum Gasteiger partial charge on any atom is -0.467 e. The normalized spacial score (nSPS) is 18.3. The van der Waals surface area contributed by atoms with E-state index in [4.69, 9.17) is 9.15 Å². The third-order valence-corrected chi connectivity index (χ3v) is 5.84. The van der Waals surface area contributed by atoms with E-state index in [2.05, 4.69) is 10.2 Å². The van der Waals surface area contributed by atoms with Crippen molar-refractivity contribution in [3.05, 3.63) is 75.6 Å². The molecule has 1 spiro atoms. The SMILES string of the molecule is Cc1ccc2occ(CN3CCC4(CC3)NC(=O)c3ccccc3O4)c(=O)c2c1. The molecule has 148 valence electrons. The number of hydrogen-bond acceptors (Lipinski definition) is 5. The van der Waals surface area contributed by atoms with Gasteiger partial charge in [0.15, 0.2) is 11.2 Å². The highest BCUT2D eigenvalue weighted by atomic mass is 16.5. The van der Waals surface area contributed by atoms with E-state index in [1.165, 1.54) is 0 Å². The van der Waals surface area contributed by atoms with E-state index in [1.807, 2.05) is 43.3 Å². The summed E-state index contributed by atoms with van der Waals surface area (Å²) in [6.07, 6.45) is 2.88. The maximum absolute atomic E-state index is 12.9. The van der Waals surface area contributed by atoms with E-state index >= 15 is 0 Å². The smallest absolute Gasteiger partial charge is 0.258 e. The summed E-state index contributed by atoms with van der Waals surface area (Å²) in [5.74, 6) is 0.543. The molecule has 0 aliphatic carbocycles. The van der Waals surface area contributed by atoms with E-state index in [1.54, 1.807) is 12.3 Å². The topological polar surface area (TPSA) is 71.8 Å². The molecule has 0 radical (unpaired) electrons. The van der Waals surface area contributed by atoms with E-state index < -0.39 is 5.72 Å². The second-order valence-corrected chi connectivity index (χ2v) is 7.91. The van der Waals surface area contributed by atoms with Crippen molar-refractivity contribution >= 4 is 16.9 Å². The van der Waals surface area contributed by atoms with Crippen molar-refractivity contribution in [2.75, 3.05) is 13.1 Å². The Morgan fingerprint density at radius 2 is 1.90 bits per heavy atom. The Hall–Kier alpha value is -3.12. The summed E-state index contributed by atoms with van der Waals surface area (Å²) in [7, 11) is 0. The average molecular weight is 390 g/mol. The molecule has 29 heavy (non-hydrogen) atoms. The molecule has 0 bridgehead atoms. The van der Waals surface area contributed by atoms with Gasteiger partial charge in [0.05, 0.1) is 17.2 Å². The van der Waals surface area contributed by atoms with Gasteiger partial charge in [-0.3, -0.25) is 14.5 Å². The van der Waals surface area contributed by atoms with Gasteiger partial charge < -0.3 is 14.5 Å². The van der Waals surface area contributed by atoms with E-state index in [0.717, 1.165) is 5.56 Å². The fourth-order valence-corrected chi connectivity index (χ4v) is 4.19. The van der Waals surface area contributed by atoms with Gasteiger partial charge in [-0.15, -0.1) is 0 Å². The Morgan fingerprint density at radius 1 is 1.10 bits per heavy atom. The monoisotopic (exact) mass is 390 g/mol. The number of likely N-dealkylation sites (tertiary alicyclic amines) is 1. The molecule has 0 atom stereocenters. The first kappa shape index (κ1) is 17.9. The summed E-state index contributed by atoms with van der Waals surface area (Å²) in [5, 5.41) is 3.67. The van der Waals surface area contributed by atoms with Crippen molar-refractivity contribution in [1.29, 1.82) is 0 Å². The van der Waals surface area contributed by atoms with Crippen LogP contribution in [0.4, 0.5) is 0 Å². The van der Waals surface area contributed by atoms with Crippen LogP contribution in [0.25, 0.3) is 11.0 Å². The molecule has 0 unspecified atom stereocenters. The quantitative estimate of drug-likeness (QED) is 0.728. The molecule has 5 rings (SSSR count). The highest BCUT2D eigenvalue weighted by Crippen LogP contribution is 2.33. The second-order valence-electron chi connectivity index (χ2n) is 7.91. The average Bonchev–Trinajstić information content (AvgIpc) is 2.72. The number of rotatable bonds is 2. The minimum absolute atomic E-state index is 0.0198. The lowest BCUT2D eigenvalue weighted by atomic mass is 9.96. The summed E-state index contributed by atoms with van der Waals surface area (Å²) in [6.45, 7) is 3.92. The molecule has 1 amide bonds. The molecule has 6 heteroatoms. The number of ether oxygens (including phenoxy) is 1. The number of nitrogens with zero attached hydrogens (tertiary/aromatic N) is 1. The van der Waals surface area contributed by atoms with Crippen LogP contribution in [0.15, 0.2) is 57.9 Å². The van der Waals surface area contributed by atoms with Crippen molar-refractivity contribution in [3.63, 3.8) is 0 Å². The van der Waals surface area contributed by atoms with Crippen LogP contribution in [0, 0.1) is 6.92 Å². The number of nitrogens with one attached hydrogen (secondary N) is 1. The Labute approximate surface area is 168 Å². The van der Waals surface area contributed by atoms with Crippen LogP contribution in [-0.2, 0) is 6.54 Å². The molecule has 3 aromatic rings. The second kappa shape index (κ2) is 6.74. The van der Waals surface area contributed by atoms with Gasteiger partial charge in [0.2, 0.25) is 0 Å². The van der Waals surface area contributed by atoms with Crippen LogP contribution in [0.3, 0.4) is 0 Å². The molecule has 0 saturated carbocycles. The largest absolute Gasteiger partial charge is 0.467 e. The Morgan fingerprint density at radius 3 is 2.72 bits per heavy atom. The van der Waals surface area contributed by atoms with Crippen LogP contribution < -0.4 is 15.5 Å². The van der Waals surface area contributed by atoms with Gasteiger partial charge in [-0.05, 0) is 31.2 Å². The standard InChI is InChI=1S/C23H22N2O4/c1-15-6-7-19-18(12-15)21(26)16(14-28-19)13-25-10-8-23(9-11-25)24-22(27)17-4-2-3-5-20(17)29-23/h2-7,12,14H,8-11,13H2,1H3,(H,24,27). The summed E-state index contributed by atoms with van der Waals surface area (Å²) in [4.78, 5) is 27.5.